The van der Waals surface area contributed by atoms with Gasteiger partial charge >= 0.3 is 5.97 Å². The molecule has 3 fully saturated rings. The van der Waals surface area contributed by atoms with E-state index in [1.54, 1.807) is 0 Å². The minimum Gasteiger partial charge on any atom is -0.502 e. The summed E-state index contributed by atoms with van der Waals surface area (Å²) in [5, 5.41) is 10.6. The Bertz CT molecular complexity index is 1300. The first kappa shape index (κ1) is 32.8. The molecule has 4 heterocycles. The number of likely N-dealkylation sites (tertiary alicyclic amines) is 2. The van der Waals surface area contributed by atoms with E-state index in [1.165, 1.54) is 65.0 Å². The van der Waals surface area contributed by atoms with Gasteiger partial charge in [-0.2, -0.15) is 0 Å². The van der Waals surface area contributed by atoms with Gasteiger partial charge in [0.15, 0.2) is 23.0 Å². The number of piperidine rings is 2. The SMILES string of the molecule is COc1cc([C@@H]2c3cc4c(cc3[C@@H](CCN3CCC(N5CCCCC5)CC3)C3COC(=O)[C@@H]32)OCO4)cc(OC)c1O.Cl.Cl. The fourth-order valence-electron chi connectivity index (χ4n) is 8.25. The highest BCUT2D eigenvalue weighted by Gasteiger charge is 2.52. The van der Waals surface area contributed by atoms with Gasteiger partial charge in [0, 0.05) is 17.9 Å². The fourth-order valence-corrected chi connectivity index (χ4v) is 8.25. The zero-order valence-corrected chi connectivity index (χ0v) is 27.1. The monoisotopic (exact) mass is 650 g/mol. The highest BCUT2D eigenvalue weighted by molar-refractivity contribution is 5.85. The van der Waals surface area contributed by atoms with Gasteiger partial charge in [-0.25, -0.2) is 0 Å². The number of nitrogens with zero attached hydrogens (tertiary/aromatic N) is 2. The van der Waals surface area contributed by atoms with Crippen LogP contribution in [-0.4, -0.2) is 87.3 Å². The lowest BCUT2D eigenvalue weighted by molar-refractivity contribution is -0.141. The van der Waals surface area contributed by atoms with E-state index in [1.807, 2.05) is 18.2 Å². The number of ether oxygens (including phenoxy) is 5. The third-order valence-corrected chi connectivity index (χ3v) is 10.4. The minimum absolute atomic E-state index is 0. The Hall–Kier alpha value is -2.59. The first-order valence-corrected chi connectivity index (χ1v) is 15.6. The quantitative estimate of drug-likeness (QED) is 0.399. The molecular formula is C33H44Cl2N2O7. The van der Waals surface area contributed by atoms with E-state index in [0.717, 1.165) is 49.0 Å². The molecule has 7 rings (SSSR count). The molecule has 44 heavy (non-hydrogen) atoms. The number of carbonyl (C=O) groups excluding carboxylic acids is 1. The molecular weight excluding hydrogens is 607 g/mol. The van der Waals surface area contributed by atoms with Crippen molar-refractivity contribution in [3.63, 3.8) is 0 Å². The number of aromatic hydroxyl groups is 1. The average Bonchev–Trinajstić information content (AvgIpc) is 3.65. The van der Waals surface area contributed by atoms with Crippen molar-refractivity contribution in [1.29, 1.82) is 0 Å². The van der Waals surface area contributed by atoms with Crippen molar-refractivity contribution in [3.05, 3.63) is 41.0 Å². The number of fused-ring (bicyclic) bond motifs is 3. The molecule has 3 saturated heterocycles. The minimum atomic E-state index is -0.355. The molecule has 2 aromatic rings. The Morgan fingerprint density at radius 3 is 2.14 bits per heavy atom. The summed E-state index contributed by atoms with van der Waals surface area (Å²) < 4.78 is 28.4. The molecule has 1 aliphatic carbocycles. The highest BCUT2D eigenvalue weighted by atomic mass is 35.5. The molecule has 0 amide bonds. The molecule has 0 radical (unpaired) electrons. The Morgan fingerprint density at radius 2 is 1.50 bits per heavy atom. The topological polar surface area (TPSA) is 89.9 Å². The lowest BCUT2D eigenvalue weighted by Crippen LogP contribution is -2.47. The number of hydrogen-bond acceptors (Lipinski definition) is 9. The van der Waals surface area contributed by atoms with E-state index in [9.17, 15) is 9.90 Å². The van der Waals surface area contributed by atoms with Gasteiger partial charge in [0.1, 0.15) is 0 Å². The molecule has 9 nitrogen and oxygen atoms in total. The number of rotatable bonds is 7. The number of hydrogen-bond donors (Lipinski definition) is 1. The average molecular weight is 652 g/mol. The highest BCUT2D eigenvalue weighted by Crippen LogP contribution is 2.57. The number of esters is 1. The lowest BCUT2D eigenvalue weighted by atomic mass is 9.62. The van der Waals surface area contributed by atoms with Crippen LogP contribution in [0.2, 0.25) is 0 Å². The maximum Gasteiger partial charge on any atom is 0.310 e. The van der Waals surface area contributed by atoms with Gasteiger partial charge in [0.05, 0.1) is 26.7 Å². The van der Waals surface area contributed by atoms with E-state index in [-0.39, 0.29) is 67.0 Å². The van der Waals surface area contributed by atoms with Crippen LogP contribution in [0, 0.1) is 11.8 Å². The van der Waals surface area contributed by atoms with E-state index in [2.05, 4.69) is 15.9 Å². The van der Waals surface area contributed by atoms with Crippen LogP contribution in [0.4, 0.5) is 0 Å². The van der Waals surface area contributed by atoms with Crippen molar-refractivity contribution >= 4 is 30.8 Å². The van der Waals surface area contributed by atoms with Gasteiger partial charge in [-0.15, -0.1) is 24.8 Å². The predicted octanol–water partition coefficient (Wildman–Crippen LogP) is 5.34. The zero-order chi connectivity index (χ0) is 28.8. The molecule has 5 aliphatic rings. The van der Waals surface area contributed by atoms with Crippen molar-refractivity contribution in [2.45, 2.75) is 56.4 Å². The van der Waals surface area contributed by atoms with Gasteiger partial charge < -0.3 is 38.6 Å². The predicted molar refractivity (Wildman–Crippen MR) is 170 cm³/mol. The second-order valence-electron chi connectivity index (χ2n) is 12.5. The van der Waals surface area contributed by atoms with Gasteiger partial charge in [0.2, 0.25) is 12.5 Å². The number of cyclic esters (lactones) is 1. The van der Waals surface area contributed by atoms with Gasteiger partial charge in [-0.1, -0.05) is 6.42 Å². The fraction of sp³-hybridized carbons (Fsp3) is 0.606. The van der Waals surface area contributed by atoms with Crippen LogP contribution in [0.3, 0.4) is 0 Å². The van der Waals surface area contributed by atoms with E-state index < -0.39 is 0 Å². The van der Waals surface area contributed by atoms with Crippen LogP contribution in [-0.2, 0) is 9.53 Å². The second-order valence-corrected chi connectivity index (χ2v) is 12.5. The molecule has 0 bridgehead atoms. The maximum atomic E-state index is 13.4. The largest absolute Gasteiger partial charge is 0.502 e. The maximum absolute atomic E-state index is 13.4. The Balaban J connectivity index is 0.00000192. The second kappa shape index (κ2) is 13.8. The Morgan fingerprint density at radius 1 is 0.864 bits per heavy atom. The van der Waals surface area contributed by atoms with Crippen molar-refractivity contribution in [1.82, 2.24) is 9.80 Å². The molecule has 1 N–H and O–H groups in total. The van der Waals surface area contributed by atoms with Crippen molar-refractivity contribution in [3.8, 4) is 28.7 Å². The Kier molecular flexibility index (Phi) is 10.3. The molecule has 11 heteroatoms. The molecule has 0 aromatic heterocycles. The summed E-state index contributed by atoms with van der Waals surface area (Å²) >= 11 is 0. The standard InChI is InChI=1S/C33H42N2O7.2ClH/c1-38-28-14-20(15-29(39-2)32(28)36)30-24-17-27-26(41-19-42-27)16-23(24)22(25-18-40-33(37)31(25)30)8-13-34-11-6-21(7-12-34)35-9-4-3-5-10-35;;/h14-17,21-22,25,30-31,36H,3-13,18-19H2,1-2H3;2*1H/t22-,25?,30-,31+;;/m1../s1. The molecule has 2 aromatic carbocycles. The van der Waals surface area contributed by atoms with Gasteiger partial charge in [-0.05, 0) is 112 Å². The van der Waals surface area contributed by atoms with Crippen LogP contribution in [0.5, 0.6) is 28.7 Å². The summed E-state index contributed by atoms with van der Waals surface area (Å²) in [6, 6.07) is 8.53. The number of halogens is 2. The Labute approximate surface area is 271 Å². The molecule has 4 atom stereocenters. The first-order valence-electron chi connectivity index (χ1n) is 15.6. The number of phenols is 1. The van der Waals surface area contributed by atoms with Crippen molar-refractivity contribution in [2.75, 3.05) is 60.3 Å². The van der Waals surface area contributed by atoms with Crippen LogP contribution < -0.4 is 18.9 Å². The van der Waals surface area contributed by atoms with Crippen LogP contribution in [0.1, 0.15) is 67.1 Å². The molecule has 4 aliphatic heterocycles. The third kappa shape index (κ3) is 5.88. The summed E-state index contributed by atoms with van der Waals surface area (Å²) in [7, 11) is 3.03. The summed E-state index contributed by atoms with van der Waals surface area (Å²) in [6.07, 6.45) is 7.48. The molecule has 0 saturated carbocycles. The van der Waals surface area contributed by atoms with E-state index in [4.69, 9.17) is 23.7 Å². The number of methoxy groups -OCH3 is 2. The summed E-state index contributed by atoms with van der Waals surface area (Å²) in [4.78, 5) is 18.8. The van der Waals surface area contributed by atoms with Crippen LogP contribution in [0.15, 0.2) is 24.3 Å². The van der Waals surface area contributed by atoms with Crippen molar-refractivity contribution < 1.29 is 33.6 Å². The lowest BCUT2D eigenvalue weighted by Gasteiger charge is -2.42. The van der Waals surface area contributed by atoms with E-state index >= 15 is 0 Å². The normalized spacial score (nSPS) is 26.5. The summed E-state index contributed by atoms with van der Waals surface area (Å²) in [5.41, 5.74) is 3.08. The number of benzene rings is 2. The summed E-state index contributed by atoms with van der Waals surface area (Å²) in [6.45, 7) is 6.36. The van der Waals surface area contributed by atoms with Crippen LogP contribution >= 0.6 is 24.8 Å². The van der Waals surface area contributed by atoms with Gasteiger partial charge in [-0.3, -0.25) is 4.79 Å². The van der Waals surface area contributed by atoms with Crippen molar-refractivity contribution in [2.24, 2.45) is 11.8 Å². The summed E-state index contributed by atoms with van der Waals surface area (Å²) in [5.74, 6) is 1.37. The molecule has 1 unspecified atom stereocenters. The molecule has 242 valence electrons. The van der Waals surface area contributed by atoms with Crippen LogP contribution in [0.25, 0.3) is 0 Å². The van der Waals surface area contributed by atoms with Gasteiger partial charge in [0.25, 0.3) is 0 Å². The van der Waals surface area contributed by atoms with E-state index in [0.29, 0.717) is 23.9 Å². The third-order valence-electron chi connectivity index (χ3n) is 10.4. The zero-order valence-electron chi connectivity index (χ0n) is 25.5. The smallest absolute Gasteiger partial charge is 0.310 e. The molecule has 0 spiro atoms. The number of carbonyl (C=O) groups is 1. The number of phenolic OH excluding ortho intramolecular Hbond substituents is 1. The first-order chi connectivity index (χ1) is 20.6.